The molecule has 0 atom stereocenters. The van der Waals surface area contributed by atoms with Gasteiger partial charge in [-0.25, -0.2) is 0 Å². The van der Waals surface area contributed by atoms with Crippen molar-refractivity contribution in [3.05, 3.63) is 12.2 Å². The molecule has 1 N–H and O–H groups in total. The molecule has 0 aliphatic rings. The summed E-state index contributed by atoms with van der Waals surface area (Å²) in [6.45, 7) is 5.76. The van der Waals surface area contributed by atoms with Crippen LogP contribution in [0.5, 0.6) is 0 Å². The van der Waals surface area contributed by atoms with Crippen LogP contribution in [-0.2, 0) is 9.47 Å². The number of hydrogen-bond acceptors (Lipinski definition) is 3. The maximum absolute atomic E-state index is 8.63. The van der Waals surface area contributed by atoms with E-state index in [9.17, 15) is 0 Å². The summed E-state index contributed by atoms with van der Waals surface area (Å²) in [6.07, 6.45) is 14.9. The van der Waals surface area contributed by atoms with Crippen molar-refractivity contribution >= 4 is 0 Å². The molecule has 0 unspecified atom stereocenters. The summed E-state index contributed by atoms with van der Waals surface area (Å²) >= 11 is 0. The normalized spacial score (nSPS) is 11.8. The predicted octanol–water partition coefficient (Wildman–Crippen LogP) is 4.44. The van der Waals surface area contributed by atoms with Crippen molar-refractivity contribution < 1.29 is 14.6 Å². The first-order chi connectivity index (χ1) is 9.85. The third-order valence-corrected chi connectivity index (χ3v) is 3.23. The van der Waals surface area contributed by atoms with Crippen molar-refractivity contribution in [3.8, 4) is 0 Å². The summed E-state index contributed by atoms with van der Waals surface area (Å²) in [5.41, 5.74) is 0. The smallest absolute Gasteiger partial charge is 0.157 e. The summed E-state index contributed by atoms with van der Waals surface area (Å²) in [5.74, 6) is 0. The molecule has 0 saturated heterocycles. The van der Waals surface area contributed by atoms with E-state index in [1.54, 1.807) is 0 Å². The Kier molecular flexibility index (Phi) is 16.4. The predicted molar refractivity (Wildman–Crippen MR) is 84.8 cm³/mol. The molecular formula is C17H34O3. The summed E-state index contributed by atoms with van der Waals surface area (Å²) in [6, 6.07) is 0. The third-order valence-electron chi connectivity index (χ3n) is 3.23. The molecular weight excluding hydrogens is 252 g/mol. The molecule has 0 heterocycles. The fourth-order valence-corrected chi connectivity index (χ4v) is 2.18. The molecule has 0 radical (unpaired) electrons. The standard InChI is InChI=1S/C17H34O3/c1-3-19-17(20-4-2)15-13-11-9-7-5-6-8-10-12-14-16-18/h10,12,17-18H,3-9,11,13-16H2,1-2H3/b12-10-. The van der Waals surface area contributed by atoms with Crippen LogP contribution in [0.15, 0.2) is 12.2 Å². The van der Waals surface area contributed by atoms with E-state index in [1.807, 2.05) is 13.8 Å². The molecule has 0 aromatic rings. The third kappa shape index (κ3) is 14.0. The number of hydrogen-bond donors (Lipinski definition) is 1. The van der Waals surface area contributed by atoms with Gasteiger partial charge in [0.25, 0.3) is 0 Å². The molecule has 0 aliphatic carbocycles. The molecule has 0 rings (SSSR count). The highest BCUT2D eigenvalue weighted by Crippen LogP contribution is 2.12. The van der Waals surface area contributed by atoms with Crippen LogP contribution in [0.2, 0.25) is 0 Å². The second-order valence-corrected chi connectivity index (χ2v) is 5.02. The van der Waals surface area contributed by atoms with Crippen molar-refractivity contribution in [3.63, 3.8) is 0 Å². The number of aliphatic hydroxyl groups excluding tert-OH is 1. The summed E-state index contributed by atoms with van der Waals surface area (Å²) < 4.78 is 11.1. The van der Waals surface area contributed by atoms with Gasteiger partial charge in [-0.05, 0) is 46.0 Å². The quantitative estimate of drug-likeness (QED) is 0.275. The van der Waals surface area contributed by atoms with Crippen molar-refractivity contribution in [2.24, 2.45) is 0 Å². The van der Waals surface area contributed by atoms with Crippen LogP contribution in [0.25, 0.3) is 0 Å². The Morgan fingerprint density at radius 2 is 1.35 bits per heavy atom. The van der Waals surface area contributed by atoms with E-state index in [-0.39, 0.29) is 12.9 Å². The molecule has 0 amide bonds. The van der Waals surface area contributed by atoms with Gasteiger partial charge in [-0.2, -0.15) is 0 Å². The Labute approximate surface area is 125 Å². The first-order valence-corrected chi connectivity index (χ1v) is 8.34. The van der Waals surface area contributed by atoms with Gasteiger partial charge in [-0.15, -0.1) is 0 Å². The lowest BCUT2D eigenvalue weighted by molar-refractivity contribution is -0.140. The Morgan fingerprint density at radius 3 is 1.95 bits per heavy atom. The van der Waals surface area contributed by atoms with E-state index in [0.717, 1.165) is 32.5 Å². The zero-order valence-electron chi connectivity index (χ0n) is 13.5. The second-order valence-electron chi connectivity index (χ2n) is 5.02. The average molecular weight is 286 g/mol. The van der Waals surface area contributed by atoms with Crippen LogP contribution in [0, 0.1) is 0 Å². The lowest BCUT2D eigenvalue weighted by Gasteiger charge is -2.16. The van der Waals surface area contributed by atoms with Crippen LogP contribution in [0.1, 0.15) is 71.6 Å². The topological polar surface area (TPSA) is 38.7 Å². The molecule has 120 valence electrons. The number of rotatable bonds is 15. The van der Waals surface area contributed by atoms with Gasteiger partial charge in [0.05, 0.1) is 0 Å². The number of allylic oxidation sites excluding steroid dienone is 1. The lowest BCUT2D eigenvalue weighted by Crippen LogP contribution is -2.17. The van der Waals surface area contributed by atoms with Crippen LogP contribution < -0.4 is 0 Å². The van der Waals surface area contributed by atoms with Gasteiger partial charge in [0.15, 0.2) is 6.29 Å². The maximum Gasteiger partial charge on any atom is 0.157 e. The molecule has 3 heteroatoms. The van der Waals surface area contributed by atoms with Crippen molar-refractivity contribution in [1.82, 2.24) is 0 Å². The maximum atomic E-state index is 8.63. The van der Waals surface area contributed by atoms with E-state index in [4.69, 9.17) is 14.6 Å². The van der Waals surface area contributed by atoms with Gasteiger partial charge >= 0.3 is 0 Å². The Hall–Kier alpha value is -0.380. The molecule has 0 aromatic carbocycles. The van der Waals surface area contributed by atoms with Gasteiger partial charge in [0.2, 0.25) is 0 Å². The van der Waals surface area contributed by atoms with Crippen molar-refractivity contribution in [2.45, 2.75) is 77.9 Å². The fourth-order valence-electron chi connectivity index (χ4n) is 2.18. The van der Waals surface area contributed by atoms with Crippen LogP contribution in [0.4, 0.5) is 0 Å². The van der Waals surface area contributed by atoms with Gasteiger partial charge in [0, 0.05) is 19.8 Å². The van der Waals surface area contributed by atoms with E-state index >= 15 is 0 Å². The molecule has 0 spiro atoms. The van der Waals surface area contributed by atoms with Crippen LogP contribution in [0.3, 0.4) is 0 Å². The lowest BCUT2D eigenvalue weighted by atomic mass is 10.1. The number of ether oxygens (including phenoxy) is 2. The summed E-state index contributed by atoms with van der Waals surface area (Å²) in [7, 11) is 0. The Bertz CT molecular complexity index is 198. The summed E-state index contributed by atoms with van der Waals surface area (Å²) in [5, 5.41) is 8.63. The Balaban J connectivity index is 3.26. The van der Waals surface area contributed by atoms with Crippen LogP contribution in [-0.4, -0.2) is 31.2 Å². The van der Waals surface area contributed by atoms with E-state index in [0.29, 0.717) is 0 Å². The van der Waals surface area contributed by atoms with Gasteiger partial charge in [-0.1, -0.05) is 37.8 Å². The largest absolute Gasteiger partial charge is 0.396 e. The van der Waals surface area contributed by atoms with Crippen molar-refractivity contribution in [2.75, 3.05) is 19.8 Å². The summed E-state index contributed by atoms with van der Waals surface area (Å²) in [4.78, 5) is 0. The second kappa shape index (κ2) is 16.7. The van der Waals surface area contributed by atoms with Gasteiger partial charge < -0.3 is 14.6 Å². The zero-order valence-corrected chi connectivity index (χ0v) is 13.5. The van der Waals surface area contributed by atoms with Gasteiger partial charge in [0.1, 0.15) is 0 Å². The van der Waals surface area contributed by atoms with E-state index in [2.05, 4.69) is 12.2 Å². The molecule has 3 nitrogen and oxygen atoms in total. The first kappa shape index (κ1) is 19.6. The SMILES string of the molecule is CCOC(CCCCCCCC/C=C\CCO)OCC. The molecule has 0 bridgehead atoms. The average Bonchev–Trinajstić information content (AvgIpc) is 2.45. The molecule has 0 fully saturated rings. The zero-order chi connectivity index (χ0) is 14.9. The highest BCUT2D eigenvalue weighted by atomic mass is 16.7. The minimum absolute atomic E-state index is 0.00154. The van der Waals surface area contributed by atoms with Gasteiger partial charge in [-0.3, -0.25) is 0 Å². The minimum atomic E-state index is 0.00154. The van der Waals surface area contributed by atoms with E-state index in [1.165, 1.54) is 38.5 Å². The highest BCUT2D eigenvalue weighted by Gasteiger charge is 2.06. The Morgan fingerprint density at radius 1 is 0.800 bits per heavy atom. The van der Waals surface area contributed by atoms with E-state index < -0.39 is 0 Å². The van der Waals surface area contributed by atoms with Crippen LogP contribution >= 0.6 is 0 Å². The molecule has 0 aliphatic heterocycles. The fraction of sp³-hybridized carbons (Fsp3) is 0.882. The molecule has 20 heavy (non-hydrogen) atoms. The monoisotopic (exact) mass is 286 g/mol. The molecule has 0 saturated carbocycles. The minimum Gasteiger partial charge on any atom is -0.396 e. The first-order valence-electron chi connectivity index (χ1n) is 8.34. The number of aliphatic hydroxyl groups is 1. The number of unbranched alkanes of at least 4 members (excludes halogenated alkanes) is 6. The highest BCUT2D eigenvalue weighted by molar-refractivity contribution is 4.80. The molecule has 0 aromatic heterocycles. The van der Waals surface area contributed by atoms with Crippen molar-refractivity contribution in [1.29, 1.82) is 0 Å².